The van der Waals surface area contributed by atoms with Gasteiger partial charge in [0.2, 0.25) is 0 Å². The third kappa shape index (κ3) is 11.3. The highest BCUT2D eigenvalue weighted by Gasteiger charge is 1.98. The molecular formula is C17H26N2O2. The zero-order chi connectivity index (χ0) is 16.5. The smallest absolute Gasteiger partial charge is 0.265 e. The molecule has 0 unspecified atom stereocenters. The molecule has 0 saturated carbocycles. The van der Waals surface area contributed by atoms with E-state index in [1.54, 1.807) is 18.2 Å². The second kappa shape index (κ2) is 15.8. The predicted molar refractivity (Wildman–Crippen MR) is 89.4 cm³/mol. The lowest BCUT2D eigenvalue weighted by atomic mass is 10.2. The molecule has 0 saturated heterocycles. The van der Waals surface area contributed by atoms with E-state index in [0.717, 1.165) is 6.42 Å². The minimum Gasteiger partial charge on any atom is -0.265 e. The molecule has 0 radical (unpaired) electrons. The average molecular weight is 290 g/mol. The fourth-order valence-electron chi connectivity index (χ4n) is 1.17. The van der Waals surface area contributed by atoms with Gasteiger partial charge in [-0.25, -0.2) is 0 Å². The van der Waals surface area contributed by atoms with Gasteiger partial charge in [0.15, 0.2) is 0 Å². The molecule has 2 rings (SSSR count). The van der Waals surface area contributed by atoms with Gasteiger partial charge in [-0.2, -0.15) is 0 Å². The molecule has 4 nitrogen and oxygen atoms in total. The number of non-ortho nitro benzene ring substituents is 1. The van der Waals surface area contributed by atoms with Crippen LogP contribution in [0.25, 0.3) is 0 Å². The molecule has 0 bridgehead atoms. The van der Waals surface area contributed by atoms with Crippen molar-refractivity contribution in [2.45, 2.75) is 41.0 Å². The first-order valence-electron chi connectivity index (χ1n) is 7.32. The fourth-order valence-corrected chi connectivity index (χ4v) is 1.17. The second-order valence-electron chi connectivity index (χ2n) is 3.30. The van der Waals surface area contributed by atoms with Gasteiger partial charge in [0.05, 0.1) is 4.92 Å². The minimum absolute atomic E-state index is 0.137. The summed E-state index contributed by atoms with van der Waals surface area (Å²) in [4.78, 5) is 13.5. The molecule has 1 heterocycles. The van der Waals surface area contributed by atoms with Crippen LogP contribution in [-0.4, -0.2) is 9.91 Å². The van der Waals surface area contributed by atoms with Gasteiger partial charge < -0.3 is 0 Å². The number of nitro benzene ring substituents is 1. The molecule has 21 heavy (non-hydrogen) atoms. The maximum absolute atomic E-state index is 10.0. The number of benzene rings is 1. The van der Waals surface area contributed by atoms with Crippen molar-refractivity contribution in [2.24, 2.45) is 0 Å². The van der Waals surface area contributed by atoms with Gasteiger partial charge in [-0.1, -0.05) is 52.8 Å². The van der Waals surface area contributed by atoms with E-state index < -0.39 is 4.92 Å². The molecule has 0 fully saturated rings. The monoisotopic (exact) mass is 290 g/mol. The van der Waals surface area contributed by atoms with Crippen molar-refractivity contribution in [3.63, 3.8) is 0 Å². The zero-order valence-corrected chi connectivity index (χ0v) is 13.6. The van der Waals surface area contributed by atoms with E-state index in [1.165, 1.54) is 17.7 Å². The molecule has 0 aliphatic carbocycles. The minimum atomic E-state index is -0.417. The molecule has 0 aliphatic heterocycles. The van der Waals surface area contributed by atoms with E-state index in [-0.39, 0.29) is 5.69 Å². The van der Waals surface area contributed by atoms with Gasteiger partial charge in [-0.3, -0.25) is 15.1 Å². The molecule has 2 aromatic rings. The fraction of sp³-hybridized carbons (Fsp3) is 0.353. The van der Waals surface area contributed by atoms with Gasteiger partial charge in [0.1, 0.15) is 0 Å². The third-order valence-corrected chi connectivity index (χ3v) is 2.12. The van der Waals surface area contributed by atoms with E-state index in [2.05, 4.69) is 11.9 Å². The number of pyridine rings is 1. The molecular weight excluding hydrogens is 264 g/mol. The van der Waals surface area contributed by atoms with Crippen LogP contribution in [-0.2, 0) is 6.42 Å². The van der Waals surface area contributed by atoms with Gasteiger partial charge in [-0.05, 0) is 24.1 Å². The van der Waals surface area contributed by atoms with E-state index in [1.807, 2.05) is 52.2 Å². The van der Waals surface area contributed by atoms with Crippen molar-refractivity contribution in [1.82, 2.24) is 4.98 Å². The molecule has 0 amide bonds. The number of aryl methyl sites for hydroxylation is 1. The summed E-state index contributed by atoms with van der Waals surface area (Å²) in [6.45, 7) is 10.1. The lowest BCUT2D eigenvalue weighted by Crippen LogP contribution is -1.84. The van der Waals surface area contributed by atoms with Crippen LogP contribution in [0.5, 0.6) is 0 Å². The molecule has 1 aromatic carbocycles. The molecule has 0 N–H and O–H groups in total. The maximum Gasteiger partial charge on any atom is 0.269 e. The molecule has 0 spiro atoms. The molecule has 0 atom stereocenters. The summed E-state index contributed by atoms with van der Waals surface area (Å²) in [6.07, 6.45) is 4.74. The van der Waals surface area contributed by atoms with Crippen LogP contribution in [0.3, 0.4) is 0 Å². The number of rotatable bonds is 2. The number of hydrogen-bond acceptors (Lipinski definition) is 3. The normalized spacial score (nSPS) is 7.86. The summed E-state index contributed by atoms with van der Waals surface area (Å²) in [5.41, 5.74) is 1.48. The molecule has 4 heteroatoms. The van der Waals surface area contributed by atoms with E-state index in [4.69, 9.17) is 0 Å². The predicted octanol–water partition coefficient (Wildman–Crippen LogP) is 5.29. The summed E-state index contributed by atoms with van der Waals surface area (Å²) in [5.74, 6) is 0. The number of hydrogen-bond donors (Lipinski definition) is 0. The standard InChI is InChI=1S/C7H9N.C6H5NO2.2C2H6/c1-2-7-3-5-8-6-4-7;8-7(9)6-4-2-1-3-5-6;2*1-2/h3-6H,2H2,1H3;1-5H;2*1-2H3. The van der Waals surface area contributed by atoms with Crippen molar-refractivity contribution in [2.75, 3.05) is 0 Å². The van der Waals surface area contributed by atoms with Crippen molar-refractivity contribution < 1.29 is 4.92 Å². The quantitative estimate of drug-likeness (QED) is 0.557. The van der Waals surface area contributed by atoms with Crippen LogP contribution in [0.2, 0.25) is 0 Å². The SMILES string of the molecule is CC.CC.CCc1ccncc1.O=[N+]([O-])c1ccccc1. The summed E-state index contributed by atoms with van der Waals surface area (Å²) in [7, 11) is 0. The Bertz CT molecular complexity index is 445. The molecule has 0 aliphatic rings. The third-order valence-electron chi connectivity index (χ3n) is 2.12. The zero-order valence-electron chi connectivity index (χ0n) is 13.6. The van der Waals surface area contributed by atoms with Crippen molar-refractivity contribution in [3.8, 4) is 0 Å². The van der Waals surface area contributed by atoms with Crippen LogP contribution in [0, 0.1) is 10.1 Å². The van der Waals surface area contributed by atoms with E-state index >= 15 is 0 Å². The van der Waals surface area contributed by atoms with Crippen molar-refractivity contribution in [3.05, 3.63) is 70.5 Å². The first kappa shape index (κ1) is 21.1. The number of aromatic nitrogens is 1. The Balaban J connectivity index is 0. The van der Waals surface area contributed by atoms with Crippen LogP contribution >= 0.6 is 0 Å². The van der Waals surface area contributed by atoms with Crippen molar-refractivity contribution >= 4 is 5.69 Å². The first-order chi connectivity index (χ1) is 10.2. The maximum atomic E-state index is 10.0. The van der Waals surface area contributed by atoms with Crippen LogP contribution < -0.4 is 0 Å². The number of para-hydroxylation sites is 1. The van der Waals surface area contributed by atoms with Crippen molar-refractivity contribution in [1.29, 1.82) is 0 Å². The topological polar surface area (TPSA) is 56.0 Å². The lowest BCUT2D eigenvalue weighted by molar-refractivity contribution is -0.384. The average Bonchev–Trinajstić information content (AvgIpc) is 2.60. The van der Waals surface area contributed by atoms with E-state index in [9.17, 15) is 10.1 Å². The first-order valence-corrected chi connectivity index (χ1v) is 7.32. The van der Waals surface area contributed by atoms with Gasteiger partial charge >= 0.3 is 0 Å². The van der Waals surface area contributed by atoms with Crippen LogP contribution in [0.1, 0.15) is 40.2 Å². The Kier molecular flexibility index (Phi) is 15.9. The van der Waals surface area contributed by atoms with Gasteiger partial charge in [0.25, 0.3) is 5.69 Å². The number of nitrogens with zero attached hydrogens (tertiary/aromatic N) is 2. The Hall–Kier alpha value is -2.23. The Morgan fingerprint density at radius 2 is 1.43 bits per heavy atom. The Labute approximate surface area is 128 Å². The lowest BCUT2D eigenvalue weighted by Gasteiger charge is -1.89. The summed E-state index contributed by atoms with van der Waals surface area (Å²) < 4.78 is 0. The summed E-state index contributed by atoms with van der Waals surface area (Å²) >= 11 is 0. The highest BCUT2D eigenvalue weighted by molar-refractivity contribution is 5.27. The van der Waals surface area contributed by atoms with Gasteiger partial charge in [-0.15, -0.1) is 0 Å². The highest BCUT2D eigenvalue weighted by atomic mass is 16.6. The van der Waals surface area contributed by atoms with Crippen LogP contribution in [0.4, 0.5) is 5.69 Å². The largest absolute Gasteiger partial charge is 0.269 e. The summed E-state index contributed by atoms with van der Waals surface area (Å²) in [5, 5.41) is 10.0. The Morgan fingerprint density at radius 1 is 0.952 bits per heavy atom. The molecule has 1 aromatic heterocycles. The highest BCUT2D eigenvalue weighted by Crippen LogP contribution is 2.06. The van der Waals surface area contributed by atoms with Crippen LogP contribution in [0.15, 0.2) is 54.9 Å². The van der Waals surface area contributed by atoms with E-state index in [0.29, 0.717) is 0 Å². The Morgan fingerprint density at radius 3 is 1.71 bits per heavy atom. The number of nitro groups is 1. The van der Waals surface area contributed by atoms with Gasteiger partial charge in [0, 0.05) is 24.5 Å². The molecule has 116 valence electrons. The summed E-state index contributed by atoms with van der Waals surface area (Å²) in [6, 6.07) is 12.0. The second-order valence-corrected chi connectivity index (χ2v) is 3.30.